The molecule has 31 heavy (non-hydrogen) atoms. The van der Waals surface area contributed by atoms with Crippen LogP contribution in [0.15, 0.2) is 28.3 Å². The smallest absolute Gasteiger partial charge is 0.243 e. The second-order valence-corrected chi connectivity index (χ2v) is 10.4. The number of nitrogens with zero attached hydrogens (tertiary/aromatic N) is 3. The first-order valence-electron chi connectivity index (χ1n) is 10.3. The van der Waals surface area contributed by atoms with Gasteiger partial charge in [-0.05, 0) is 57.4 Å². The van der Waals surface area contributed by atoms with Crippen LogP contribution in [0.2, 0.25) is 0 Å². The summed E-state index contributed by atoms with van der Waals surface area (Å²) in [6.45, 7) is 7.27. The summed E-state index contributed by atoms with van der Waals surface area (Å²) in [6.07, 6.45) is 1.02. The summed E-state index contributed by atoms with van der Waals surface area (Å²) in [7, 11) is -3.59. The van der Waals surface area contributed by atoms with E-state index >= 15 is 0 Å². The molecule has 1 aromatic carbocycles. The van der Waals surface area contributed by atoms with E-state index in [0.29, 0.717) is 55.7 Å². The molecule has 11 heteroatoms. The molecule has 2 heterocycles. The van der Waals surface area contributed by atoms with Gasteiger partial charge in [0.25, 0.3) is 0 Å². The van der Waals surface area contributed by atoms with Crippen LogP contribution in [0.5, 0.6) is 5.75 Å². The number of piperidine rings is 1. The number of hydrogen-bond donors (Lipinski definition) is 2. The lowest BCUT2D eigenvalue weighted by atomic mass is 9.97. The van der Waals surface area contributed by atoms with Crippen LogP contribution in [0.4, 0.5) is 0 Å². The molecule has 0 atom stereocenters. The monoisotopic (exact) mass is 467 g/mol. The van der Waals surface area contributed by atoms with Gasteiger partial charge in [-0.1, -0.05) is 11.8 Å². The molecule has 1 aromatic heterocycles. The Morgan fingerprint density at radius 3 is 2.68 bits per heavy atom. The van der Waals surface area contributed by atoms with Crippen LogP contribution in [0.3, 0.4) is 0 Å². The topological polar surface area (TPSA) is 117 Å². The molecule has 2 N–H and O–H groups in total. The van der Waals surface area contributed by atoms with Gasteiger partial charge in [-0.25, -0.2) is 13.4 Å². The molecule has 0 saturated carbocycles. The van der Waals surface area contributed by atoms with Crippen LogP contribution in [-0.4, -0.2) is 65.8 Å². The molecule has 170 valence electrons. The van der Waals surface area contributed by atoms with Crippen LogP contribution in [0.25, 0.3) is 0 Å². The highest BCUT2D eigenvalue weighted by Gasteiger charge is 2.32. The zero-order chi connectivity index (χ0) is 22.4. The van der Waals surface area contributed by atoms with Gasteiger partial charge in [0.15, 0.2) is 0 Å². The fraction of sp³-hybridized carbons (Fsp3) is 0.550. The van der Waals surface area contributed by atoms with Gasteiger partial charge in [-0.2, -0.15) is 4.31 Å². The minimum Gasteiger partial charge on any atom is -0.494 e. The number of rotatable bonds is 9. The summed E-state index contributed by atoms with van der Waals surface area (Å²) < 4.78 is 33.0. The fourth-order valence-electron chi connectivity index (χ4n) is 3.45. The Balaban J connectivity index is 1.47. The molecule has 1 fully saturated rings. The summed E-state index contributed by atoms with van der Waals surface area (Å²) in [5.74, 6) is 1.92. The van der Waals surface area contributed by atoms with Gasteiger partial charge in [0, 0.05) is 31.3 Å². The summed E-state index contributed by atoms with van der Waals surface area (Å²) in [5, 5.41) is 10.4. The number of aromatic amines is 1. The molecule has 9 nitrogen and oxygen atoms in total. The molecule has 2 aromatic rings. The first-order valence-corrected chi connectivity index (χ1v) is 12.8. The predicted molar refractivity (Wildman–Crippen MR) is 119 cm³/mol. The number of ether oxygens (including phenoxy) is 1. The average molecular weight is 468 g/mol. The number of benzene rings is 1. The van der Waals surface area contributed by atoms with Gasteiger partial charge < -0.3 is 10.1 Å². The van der Waals surface area contributed by atoms with Crippen molar-refractivity contribution < 1.29 is 17.9 Å². The zero-order valence-corrected chi connectivity index (χ0v) is 19.7. The number of thioether (sulfide) groups is 1. The van der Waals surface area contributed by atoms with E-state index in [1.807, 2.05) is 20.8 Å². The van der Waals surface area contributed by atoms with Crippen LogP contribution in [0, 0.1) is 19.8 Å². The predicted octanol–water partition coefficient (Wildman–Crippen LogP) is 2.13. The fourth-order valence-corrected chi connectivity index (χ4v) is 5.71. The van der Waals surface area contributed by atoms with Gasteiger partial charge in [-0.15, -0.1) is 5.10 Å². The highest BCUT2D eigenvalue weighted by Crippen LogP contribution is 2.27. The number of H-pyrrole nitrogens is 1. The minimum atomic E-state index is -3.59. The van der Waals surface area contributed by atoms with Gasteiger partial charge >= 0.3 is 0 Å². The normalized spacial score (nSPS) is 15.7. The first kappa shape index (κ1) is 23.6. The third kappa shape index (κ3) is 5.98. The van der Waals surface area contributed by atoms with Crippen molar-refractivity contribution in [2.75, 3.05) is 32.0 Å². The lowest BCUT2D eigenvalue weighted by Gasteiger charge is -2.30. The van der Waals surface area contributed by atoms with E-state index in [4.69, 9.17) is 4.74 Å². The molecular weight excluding hydrogens is 438 g/mol. The molecule has 0 spiro atoms. The second-order valence-electron chi connectivity index (χ2n) is 7.38. The summed E-state index contributed by atoms with van der Waals surface area (Å²) >= 11 is 1.47. The van der Waals surface area contributed by atoms with Crippen molar-refractivity contribution in [3.05, 3.63) is 29.6 Å². The van der Waals surface area contributed by atoms with Gasteiger partial charge in [0.2, 0.25) is 21.1 Å². The van der Waals surface area contributed by atoms with Crippen molar-refractivity contribution in [1.82, 2.24) is 24.8 Å². The van der Waals surface area contributed by atoms with E-state index in [1.54, 1.807) is 18.2 Å². The second kappa shape index (κ2) is 10.5. The third-order valence-electron chi connectivity index (χ3n) is 5.12. The number of carbonyl (C=O) groups is 1. The lowest BCUT2D eigenvalue weighted by Crippen LogP contribution is -2.43. The molecule has 0 unspecified atom stereocenters. The van der Waals surface area contributed by atoms with Crippen molar-refractivity contribution in [2.45, 2.75) is 43.7 Å². The van der Waals surface area contributed by atoms with E-state index in [1.165, 1.54) is 16.1 Å². The van der Waals surface area contributed by atoms with Crippen LogP contribution in [0.1, 0.15) is 31.2 Å². The van der Waals surface area contributed by atoms with Crippen molar-refractivity contribution in [2.24, 2.45) is 5.92 Å². The number of aryl methyl sites for hydroxylation is 2. The summed E-state index contributed by atoms with van der Waals surface area (Å²) in [6, 6.07) is 4.93. The SMILES string of the molecule is CCOc1ccc(S(=O)(=O)N2CCC(C(=O)NCCSc3n[nH]c(C)n3)CC2)cc1C. The molecule has 1 aliphatic rings. The molecule has 1 saturated heterocycles. The van der Waals surface area contributed by atoms with Crippen molar-refractivity contribution >= 4 is 27.7 Å². The summed E-state index contributed by atoms with van der Waals surface area (Å²) in [4.78, 5) is 16.9. The highest BCUT2D eigenvalue weighted by atomic mass is 32.2. The molecule has 0 bridgehead atoms. The van der Waals surface area contributed by atoms with E-state index in [9.17, 15) is 13.2 Å². The van der Waals surface area contributed by atoms with E-state index < -0.39 is 10.0 Å². The molecule has 1 amide bonds. The Morgan fingerprint density at radius 2 is 2.06 bits per heavy atom. The van der Waals surface area contributed by atoms with Crippen LogP contribution in [-0.2, 0) is 14.8 Å². The Morgan fingerprint density at radius 1 is 1.32 bits per heavy atom. The number of aromatic nitrogens is 3. The number of hydrogen-bond acceptors (Lipinski definition) is 7. The Labute approximate surface area is 187 Å². The number of sulfonamides is 1. The van der Waals surface area contributed by atoms with E-state index in [2.05, 4.69) is 20.5 Å². The Bertz CT molecular complexity index is 1000. The number of carbonyl (C=O) groups excluding carboxylic acids is 1. The van der Waals surface area contributed by atoms with E-state index in [0.717, 1.165) is 11.4 Å². The highest BCUT2D eigenvalue weighted by molar-refractivity contribution is 7.99. The van der Waals surface area contributed by atoms with Crippen molar-refractivity contribution in [3.8, 4) is 5.75 Å². The standard InChI is InChI=1S/C20H29N5O4S2/c1-4-29-18-6-5-17(13-14(18)2)31(27,28)25-10-7-16(8-11-25)19(26)21-9-12-30-20-22-15(3)23-24-20/h5-6,13,16H,4,7-12H2,1-3H3,(H,21,26)(H,22,23,24). The molecular formula is C20H29N5O4S2. The summed E-state index contributed by atoms with van der Waals surface area (Å²) in [5.41, 5.74) is 0.787. The molecule has 1 aliphatic heterocycles. The number of amides is 1. The van der Waals surface area contributed by atoms with E-state index in [-0.39, 0.29) is 16.7 Å². The largest absolute Gasteiger partial charge is 0.494 e. The third-order valence-corrected chi connectivity index (χ3v) is 7.86. The minimum absolute atomic E-state index is 0.0271. The van der Waals surface area contributed by atoms with Crippen molar-refractivity contribution in [3.63, 3.8) is 0 Å². The first-order chi connectivity index (χ1) is 14.8. The zero-order valence-electron chi connectivity index (χ0n) is 18.1. The van der Waals surface area contributed by atoms with Gasteiger partial charge in [0.05, 0.1) is 11.5 Å². The average Bonchev–Trinajstić information content (AvgIpc) is 3.17. The quantitative estimate of drug-likeness (QED) is 0.428. The van der Waals surface area contributed by atoms with Crippen molar-refractivity contribution in [1.29, 1.82) is 0 Å². The van der Waals surface area contributed by atoms with Gasteiger partial charge in [-0.3, -0.25) is 9.89 Å². The Kier molecular flexibility index (Phi) is 7.95. The molecule has 0 aliphatic carbocycles. The van der Waals surface area contributed by atoms with Crippen LogP contribution < -0.4 is 10.1 Å². The Hall–Kier alpha value is -2.11. The lowest BCUT2D eigenvalue weighted by molar-refractivity contribution is -0.125. The maximum Gasteiger partial charge on any atom is 0.243 e. The van der Waals surface area contributed by atoms with Gasteiger partial charge in [0.1, 0.15) is 11.6 Å². The maximum absolute atomic E-state index is 13.0. The molecule has 0 radical (unpaired) electrons. The molecule has 3 rings (SSSR count). The number of nitrogens with one attached hydrogen (secondary N) is 2. The van der Waals surface area contributed by atoms with Crippen LogP contribution >= 0.6 is 11.8 Å². The maximum atomic E-state index is 13.0.